The highest BCUT2D eigenvalue weighted by Gasteiger charge is 2.24. The Morgan fingerprint density at radius 2 is 1.54 bits per heavy atom. The first-order valence-corrected chi connectivity index (χ1v) is 9.05. The van der Waals surface area contributed by atoms with Crippen molar-refractivity contribution in [3.63, 3.8) is 0 Å². The molecule has 0 saturated carbocycles. The highest BCUT2D eigenvalue weighted by atomic mass is 14.8. The Kier molecular flexibility index (Phi) is 3.46. The lowest BCUT2D eigenvalue weighted by molar-refractivity contribution is 1.31. The minimum Gasteiger partial charge on any atom is -0.256 e. The molecule has 1 aliphatic carbocycles. The van der Waals surface area contributed by atoms with Gasteiger partial charge in [-0.2, -0.15) is 0 Å². The molecule has 1 heteroatoms. The van der Waals surface area contributed by atoms with Gasteiger partial charge in [0.05, 0.1) is 5.69 Å². The van der Waals surface area contributed by atoms with Gasteiger partial charge < -0.3 is 0 Å². The van der Waals surface area contributed by atoms with Gasteiger partial charge in [-0.15, -0.1) is 0 Å². The number of aryl methyl sites for hydroxylation is 1. The van der Waals surface area contributed by atoms with Gasteiger partial charge in [-0.05, 0) is 47.2 Å². The van der Waals surface area contributed by atoms with Gasteiger partial charge >= 0.3 is 0 Å². The lowest BCUT2D eigenvalue weighted by atomic mass is 9.87. The maximum atomic E-state index is 4.66. The average Bonchev–Trinajstić information content (AvgIpc) is 3.29. The van der Waals surface area contributed by atoms with Crippen molar-refractivity contribution >= 4 is 28.6 Å². The minimum atomic E-state index is 0.993. The van der Waals surface area contributed by atoms with E-state index in [1.165, 1.54) is 44.5 Å². The van der Waals surface area contributed by atoms with Crippen molar-refractivity contribution in [1.82, 2.24) is 0 Å². The van der Waals surface area contributed by atoms with Crippen LogP contribution in [-0.4, -0.2) is 6.21 Å². The molecule has 5 rings (SSSR count). The third-order valence-corrected chi connectivity index (χ3v) is 5.24. The van der Waals surface area contributed by atoms with Gasteiger partial charge in [0.25, 0.3) is 0 Å². The highest BCUT2D eigenvalue weighted by Crippen LogP contribution is 2.44. The van der Waals surface area contributed by atoms with Gasteiger partial charge in [-0.3, -0.25) is 4.99 Å². The van der Waals surface area contributed by atoms with Crippen LogP contribution >= 0.6 is 0 Å². The Bertz CT molecular complexity index is 1100. The molecule has 26 heavy (non-hydrogen) atoms. The van der Waals surface area contributed by atoms with Crippen LogP contribution in [0.1, 0.15) is 27.8 Å². The number of rotatable bonds is 2. The first-order chi connectivity index (χ1) is 12.8. The molecular formula is C25H19N. The molecule has 0 spiro atoms. The molecule has 1 nitrogen and oxygen atoms in total. The molecule has 124 valence electrons. The van der Waals surface area contributed by atoms with Gasteiger partial charge in [-0.1, -0.05) is 78.4 Å². The molecular weight excluding hydrogens is 314 g/mol. The van der Waals surface area contributed by atoms with Gasteiger partial charge in [0.15, 0.2) is 0 Å². The summed E-state index contributed by atoms with van der Waals surface area (Å²) in [5, 5.41) is 0. The van der Waals surface area contributed by atoms with E-state index in [1.807, 2.05) is 6.21 Å². The van der Waals surface area contributed by atoms with Crippen LogP contribution in [0.4, 0.5) is 5.69 Å². The van der Waals surface area contributed by atoms with Crippen LogP contribution in [0.2, 0.25) is 0 Å². The van der Waals surface area contributed by atoms with Gasteiger partial charge in [0.1, 0.15) is 0 Å². The van der Waals surface area contributed by atoms with E-state index in [4.69, 9.17) is 0 Å². The molecule has 1 heterocycles. The summed E-state index contributed by atoms with van der Waals surface area (Å²) in [6.45, 7) is 2.13. The predicted octanol–water partition coefficient (Wildman–Crippen LogP) is 6.26. The summed E-state index contributed by atoms with van der Waals surface area (Å²) in [5.41, 5.74) is 11.4. The second-order valence-corrected chi connectivity index (χ2v) is 6.91. The summed E-state index contributed by atoms with van der Waals surface area (Å²) in [6, 6.07) is 26.0. The van der Waals surface area contributed by atoms with E-state index in [1.54, 1.807) is 0 Å². The third-order valence-electron chi connectivity index (χ3n) is 5.24. The molecule has 0 unspecified atom stereocenters. The van der Waals surface area contributed by atoms with Crippen molar-refractivity contribution in [2.45, 2.75) is 13.3 Å². The van der Waals surface area contributed by atoms with Crippen LogP contribution in [0, 0.1) is 6.92 Å². The van der Waals surface area contributed by atoms with Crippen LogP contribution in [0.25, 0.3) is 16.7 Å². The van der Waals surface area contributed by atoms with Crippen LogP contribution in [-0.2, 0) is 6.42 Å². The quantitative estimate of drug-likeness (QED) is 0.525. The number of benzene rings is 3. The first-order valence-electron chi connectivity index (χ1n) is 9.05. The van der Waals surface area contributed by atoms with Crippen molar-refractivity contribution in [2.24, 2.45) is 4.99 Å². The number of allylic oxidation sites excluding steroid dienone is 4. The van der Waals surface area contributed by atoms with Crippen molar-refractivity contribution in [3.05, 3.63) is 107 Å². The van der Waals surface area contributed by atoms with Crippen molar-refractivity contribution < 1.29 is 0 Å². The van der Waals surface area contributed by atoms with Crippen molar-refractivity contribution in [1.29, 1.82) is 0 Å². The summed E-state index contributed by atoms with van der Waals surface area (Å²) in [6.07, 6.45) is 5.39. The molecule has 1 aliphatic heterocycles. The predicted molar refractivity (Wildman–Crippen MR) is 111 cm³/mol. The maximum absolute atomic E-state index is 4.66. The van der Waals surface area contributed by atoms with Gasteiger partial charge in [0, 0.05) is 17.4 Å². The van der Waals surface area contributed by atoms with E-state index >= 15 is 0 Å². The van der Waals surface area contributed by atoms with Crippen molar-refractivity contribution in [3.8, 4) is 0 Å². The fraction of sp³-hybridized carbons (Fsp3) is 0.0800. The standard InChI is InChI=1S/C25H19N/c1-17-10-12-19(13-11-17)25(22-15-14-18-6-2-3-7-20(18)22)23-16-26-24-9-5-4-8-21(23)24/h2-13,15-16H,14H2,1H3. The van der Waals surface area contributed by atoms with E-state index in [0.717, 1.165) is 12.1 Å². The number of fused-ring (bicyclic) bond motifs is 2. The van der Waals surface area contributed by atoms with E-state index < -0.39 is 0 Å². The Hall–Kier alpha value is -3.19. The molecule has 2 aliphatic rings. The zero-order valence-electron chi connectivity index (χ0n) is 14.7. The second kappa shape index (κ2) is 5.96. The highest BCUT2D eigenvalue weighted by molar-refractivity contribution is 6.32. The van der Waals surface area contributed by atoms with E-state index in [9.17, 15) is 0 Å². The van der Waals surface area contributed by atoms with E-state index in [2.05, 4.69) is 90.8 Å². The van der Waals surface area contributed by atoms with Crippen LogP contribution in [0.15, 0.2) is 83.9 Å². The molecule has 0 bridgehead atoms. The number of aliphatic imine (C=N–C) groups is 1. The number of nitrogens with zero attached hydrogens (tertiary/aromatic N) is 1. The summed E-state index contributed by atoms with van der Waals surface area (Å²) in [5.74, 6) is 0. The smallest absolute Gasteiger partial charge is 0.0709 e. The molecule has 0 radical (unpaired) electrons. The number of para-hydroxylation sites is 1. The van der Waals surface area contributed by atoms with Gasteiger partial charge in [-0.25, -0.2) is 0 Å². The summed E-state index contributed by atoms with van der Waals surface area (Å²) >= 11 is 0. The van der Waals surface area contributed by atoms with Crippen LogP contribution in [0.3, 0.4) is 0 Å². The molecule has 3 aromatic carbocycles. The first kappa shape index (κ1) is 15.1. The molecule has 0 amide bonds. The van der Waals surface area contributed by atoms with Crippen LogP contribution < -0.4 is 0 Å². The van der Waals surface area contributed by atoms with Crippen molar-refractivity contribution in [2.75, 3.05) is 0 Å². The number of hydrogen-bond acceptors (Lipinski definition) is 1. The lowest BCUT2D eigenvalue weighted by Gasteiger charge is -2.15. The monoisotopic (exact) mass is 333 g/mol. The molecule has 0 fully saturated rings. The fourth-order valence-electron chi connectivity index (χ4n) is 3.91. The Balaban J connectivity index is 1.78. The SMILES string of the molecule is Cc1ccc(C(C2=CCc3ccccc32)=C2C=Nc3ccccc32)cc1. The zero-order chi connectivity index (χ0) is 17.5. The molecule has 0 N–H and O–H groups in total. The summed E-state index contributed by atoms with van der Waals surface area (Å²) in [4.78, 5) is 4.66. The summed E-state index contributed by atoms with van der Waals surface area (Å²) < 4.78 is 0. The zero-order valence-corrected chi connectivity index (χ0v) is 14.7. The Morgan fingerprint density at radius 3 is 2.38 bits per heavy atom. The molecule has 3 aromatic rings. The van der Waals surface area contributed by atoms with E-state index in [0.29, 0.717) is 0 Å². The van der Waals surface area contributed by atoms with E-state index in [-0.39, 0.29) is 0 Å². The normalized spacial score (nSPS) is 16.3. The third kappa shape index (κ3) is 2.36. The Labute approximate surface area is 154 Å². The minimum absolute atomic E-state index is 0.993. The largest absolute Gasteiger partial charge is 0.256 e. The molecule has 0 atom stereocenters. The molecule has 0 aromatic heterocycles. The Morgan fingerprint density at radius 1 is 0.808 bits per heavy atom. The fourth-order valence-corrected chi connectivity index (χ4v) is 3.91. The van der Waals surface area contributed by atoms with Gasteiger partial charge in [0.2, 0.25) is 0 Å². The second-order valence-electron chi connectivity index (χ2n) is 6.91. The molecule has 0 saturated heterocycles. The number of hydrogen-bond donors (Lipinski definition) is 0. The topological polar surface area (TPSA) is 12.4 Å². The van der Waals surface area contributed by atoms with Crippen LogP contribution in [0.5, 0.6) is 0 Å². The maximum Gasteiger partial charge on any atom is 0.0709 e. The lowest BCUT2D eigenvalue weighted by Crippen LogP contribution is -1.95. The summed E-state index contributed by atoms with van der Waals surface area (Å²) in [7, 11) is 0. The average molecular weight is 333 g/mol.